The Morgan fingerprint density at radius 2 is 1.88 bits per heavy atom. The number of carbonyl (C=O) groups excluding carboxylic acids is 1. The third-order valence-corrected chi connectivity index (χ3v) is 4.79. The molecule has 0 unspecified atom stereocenters. The molecular weight excluding hydrogens is 405 g/mol. The lowest BCUT2D eigenvalue weighted by Crippen LogP contribution is -2.13. The van der Waals surface area contributed by atoms with Crippen LogP contribution in [0, 0.1) is 5.82 Å². The van der Waals surface area contributed by atoms with E-state index in [1.165, 1.54) is 29.8 Å². The molecule has 7 heteroatoms. The topological polar surface area (TPSA) is 54.9 Å². The second-order valence-electron chi connectivity index (χ2n) is 5.14. The Morgan fingerprint density at radius 3 is 2.56 bits per heavy atom. The summed E-state index contributed by atoms with van der Waals surface area (Å²) in [4.78, 5) is 12.0. The van der Waals surface area contributed by atoms with Crippen LogP contribution in [0.5, 0.6) is 0 Å². The maximum atomic E-state index is 13.2. The molecule has 3 rings (SSSR count). The molecule has 0 aliphatic heterocycles. The minimum atomic E-state index is -0.460. The molecule has 0 bridgehead atoms. The SMILES string of the molecule is O=C(Nc1ccc(SCc2ccc(Br)cc2)nn1)c1cccc(F)c1. The van der Waals surface area contributed by atoms with Gasteiger partial charge in [0.05, 0.1) is 0 Å². The van der Waals surface area contributed by atoms with Crippen LogP contribution in [0.3, 0.4) is 0 Å². The highest BCUT2D eigenvalue weighted by Crippen LogP contribution is 2.22. The molecule has 3 aromatic rings. The summed E-state index contributed by atoms with van der Waals surface area (Å²) in [5.41, 5.74) is 1.41. The number of hydrogen-bond donors (Lipinski definition) is 1. The van der Waals surface area contributed by atoms with E-state index in [4.69, 9.17) is 0 Å². The maximum absolute atomic E-state index is 13.2. The normalized spacial score (nSPS) is 10.5. The molecule has 25 heavy (non-hydrogen) atoms. The van der Waals surface area contributed by atoms with Gasteiger partial charge in [0.2, 0.25) is 0 Å². The van der Waals surface area contributed by atoms with Crippen molar-refractivity contribution in [1.29, 1.82) is 0 Å². The van der Waals surface area contributed by atoms with Gasteiger partial charge in [-0.2, -0.15) is 0 Å². The van der Waals surface area contributed by atoms with Gasteiger partial charge in [0.25, 0.3) is 5.91 Å². The summed E-state index contributed by atoms with van der Waals surface area (Å²) >= 11 is 4.96. The minimum Gasteiger partial charge on any atom is -0.305 e. The molecule has 1 N–H and O–H groups in total. The first-order valence-electron chi connectivity index (χ1n) is 7.38. The standard InChI is InChI=1S/C18H13BrFN3OS/c19-14-6-4-12(5-7-14)11-25-17-9-8-16(22-23-17)21-18(24)13-2-1-3-15(20)10-13/h1-10H,11H2,(H,21,22,24). The maximum Gasteiger partial charge on any atom is 0.256 e. The second kappa shape index (κ2) is 8.22. The van der Waals surface area contributed by atoms with Crippen molar-refractivity contribution in [3.05, 3.63) is 82.1 Å². The molecule has 126 valence electrons. The molecule has 4 nitrogen and oxygen atoms in total. The fraction of sp³-hybridized carbons (Fsp3) is 0.0556. The van der Waals surface area contributed by atoms with Gasteiger partial charge in [-0.3, -0.25) is 4.79 Å². The number of thioether (sulfide) groups is 1. The van der Waals surface area contributed by atoms with Crippen molar-refractivity contribution in [2.24, 2.45) is 0 Å². The average Bonchev–Trinajstić information content (AvgIpc) is 2.62. The van der Waals surface area contributed by atoms with Crippen LogP contribution in [-0.4, -0.2) is 16.1 Å². The van der Waals surface area contributed by atoms with Crippen LogP contribution in [-0.2, 0) is 5.75 Å². The number of nitrogens with zero attached hydrogens (tertiary/aromatic N) is 2. The summed E-state index contributed by atoms with van der Waals surface area (Å²) in [6, 6.07) is 17.0. The number of rotatable bonds is 5. The zero-order valence-corrected chi connectivity index (χ0v) is 15.3. The number of carbonyl (C=O) groups is 1. The quantitative estimate of drug-likeness (QED) is 0.598. The van der Waals surface area contributed by atoms with Crippen LogP contribution in [0.15, 0.2) is 70.2 Å². The molecule has 0 aliphatic rings. The van der Waals surface area contributed by atoms with E-state index < -0.39 is 11.7 Å². The van der Waals surface area contributed by atoms with Crippen LogP contribution in [0.25, 0.3) is 0 Å². The molecule has 0 fully saturated rings. The molecule has 1 aromatic heterocycles. The molecule has 1 heterocycles. The van der Waals surface area contributed by atoms with E-state index >= 15 is 0 Å². The third kappa shape index (κ3) is 5.11. The first kappa shape index (κ1) is 17.6. The summed E-state index contributed by atoms with van der Waals surface area (Å²) < 4.78 is 14.2. The Bertz CT molecular complexity index is 872. The van der Waals surface area contributed by atoms with E-state index in [1.54, 1.807) is 23.9 Å². The zero-order chi connectivity index (χ0) is 17.6. The Hall–Kier alpha value is -2.25. The van der Waals surface area contributed by atoms with Crippen molar-refractivity contribution in [2.75, 3.05) is 5.32 Å². The van der Waals surface area contributed by atoms with Crippen LogP contribution in [0.2, 0.25) is 0 Å². The lowest BCUT2D eigenvalue weighted by Gasteiger charge is -2.05. The van der Waals surface area contributed by atoms with E-state index in [-0.39, 0.29) is 5.56 Å². The fourth-order valence-electron chi connectivity index (χ4n) is 2.02. The fourth-order valence-corrected chi connectivity index (χ4v) is 3.05. The summed E-state index contributed by atoms with van der Waals surface area (Å²) in [5.74, 6) is 0.210. The number of halogens is 2. The minimum absolute atomic E-state index is 0.232. The van der Waals surface area contributed by atoms with Crippen molar-refractivity contribution in [2.45, 2.75) is 10.8 Å². The molecule has 0 aliphatic carbocycles. The average molecular weight is 418 g/mol. The van der Waals surface area contributed by atoms with Crippen LogP contribution < -0.4 is 5.32 Å². The number of benzene rings is 2. The number of anilines is 1. The van der Waals surface area contributed by atoms with E-state index in [2.05, 4.69) is 31.4 Å². The lowest BCUT2D eigenvalue weighted by molar-refractivity contribution is 0.102. The predicted molar refractivity (Wildman–Crippen MR) is 100 cm³/mol. The Balaban J connectivity index is 1.58. The smallest absolute Gasteiger partial charge is 0.256 e. The van der Waals surface area contributed by atoms with E-state index in [1.807, 2.05) is 24.3 Å². The van der Waals surface area contributed by atoms with Crippen LogP contribution >= 0.6 is 27.7 Å². The Morgan fingerprint density at radius 1 is 1.08 bits per heavy atom. The van der Waals surface area contributed by atoms with Crippen molar-refractivity contribution in [3.63, 3.8) is 0 Å². The van der Waals surface area contributed by atoms with Crippen molar-refractivity contribution in [3.8, 4) is 0 Å². The van der Waals surface area contributed by atoms with Crippen molar-refractivity contribution < 1.29 is 9.18 Å². The number of hydrogen-bond acceptors (Lipinski definition) is 4. The highest BCUT2D eigenvalue weighted by Gasteiger charge is 2.08. The first-order valence-corrected chi connectivity index (χ1v) is 9.16. The highest BCUT2D eigenvalue weighted by atomic mass is 79.9. The number of aromatic nitrogens is 2. The molecule has 0 radical (unpaired) electrons. The lowest BCUT2D eigenvalue weighted by atomic mass is 10.2. The molecule has 0 saturated heterocycles. The van der Waals surface area contributed by atoms with Gasteiger partial charge in [0, 0.05) is 15.8 Å². The predicted octanol–water partition coefficient (Wildman–Crippen LogP) is 4.92. The first-order chi connectivity index (χ1) is 12.1. The largest absolute Gasteiger partial charge is 0.305 e. The van der Waals surface area contributed by atoms with Crippen LogP contribution in [0.4, 0.5) is 10.2 Å². The molecular formula is C18H13BrFN3OS. The number of amides is 1. The van der Waals surface area contributed by atoms with Crippen molar-refractivity contribution in [1.82, 2.24) is 10.2 Å². The highest BCUT2D eigenvalue weighted by molar-refractivity contribution is 9.10. The van der Waals surface area contributed by atoms with Crippen molar-refractivity contribution >= 4 is 39.4 Å². The summed E-state index contributed by atoms with van der Waals surface area (Å²) in [6.45, 7) is 0. The van der Waals surface area contributed by atoms with Gasteiger partial charge in [0.1, 0.15) is 10.8 Å². The van der Waals surface area contributed by atoms with E-state index in [0.29, 0.717) is 5.82 Å². The second-order valence-corrected chi connectivity index (χ2v) is 7.05. The molecule has 2 aromatic carbocycles. The van der Waals surface area contributed by atoms with Gasteiger partial charge < -0.3 is 5.32 Å². The van der Waals surface area contributed by atoms with Gasteiger partial charge in [-0.25, -0.2) is 4.39 Å². The molecule has 0 atom stereocenters. The van der Waals surface area contributed by atoms with Gasteiger partial charge >= 0.3 is 0 Å². The Labute approximate surface area is 157 Å². The summed E-state index contributed by atoms with van der Waals surface area (Å²) in [5, 5.41) is 11.4. The Kier molecular flexibility index (Phi) is 5.78. The molecule has 0 saturated carbocycles. The van der Waals surface area contributed by atoms with Gasteiger partial charge in [-0.1, -0.05) is 45.9 Å². The monoisotopic (exact) mass is 417 g/mol. The van der Waals surface area contributed by atoms with E-state index in [9.17, 15) is 9.18 Å². The summed E-state index contributed by atoms with van der Waals surface area (Å²) in [7, 11) is 0. The van der Waals surface area contributed by atoms with Crippen LogP contribution in [0.1, 0.15) is 15.9 Å². The molecule has 1 amide bonds. The van der Waals surface area contributed by atoms with Gasteiger partial charge in [-0.15, -0.1) is 10.2 Å². The third-order valence-electron chi connectivity index (χ3n) is 3.27. The number of nitrogens with one attached hydrogen (secondary N) is 1. The van der Waals surface area contributed by atoms with Gasteiger partial charge in [0.15, 0.2) is 5.82 Å². The zero-order valence-electron chi connectivity index (χ0n) is 12.9. The van der Waals surface area contributed by atoms with E-state index in [0.717, 1.165) is 15.3 Å². The van der Waals surface area contributed by atoms with Gasteiger partial charge in [-0.05, 0) is 48.0 Å². The molecule has 0 spiro atoms. The summed E-state index contributed by atoms with van der Waals surface area (Å²) in [6.07, 6.45) is 0.